The van der Waals surface area contributed by atoms with Gasteiger partial charge < -0.3 is 25.6 Å². The van der Waals surface area contributed by atoms with Crippen LogP contribution in [0, 0.1) is 0 Å². The number of primary amides is 1. The molecule has 1 unspecified atom stereocenters. The van der Waals surface area contributed by atoms with Crippen molar-refractivity contribution in [3.05, 3.63) is 0 Å². The second-order valence-electron chi connectivity index (χ2n) is 4.80. The molecule has 0 bridgehead atoms. The molecule has 1 atom stereocenters. The molecule has 17 heavy (non-hydrogen) atoms. The summed E-state index contributed by atoms with van der Waals surface area (Å²) in [5, 5.41) is 12.5. The number of aliphatic hydroxyl groups is 1. The number of hydrogen-bond donors (Lipinski definition) is 3. The monoisotopic (exact) mass is 248 g/mol. The van der Waals surface area contributed by atoms with Crippen LogP contribution in [-0.2, 0) is 14.3 Å². The number of aliphatic hydroxyl groups excluding tert-OH is 1. The number of hydrogen-bond acceptors (Lipinski definition) is 5. The summed E-state index contributed by atoms with van der Waals surface area (Å²) in [6.07, 6.45) is -0.551. The van der Waals surface area contributed by atoms with Crippen LogP contribution < -0.4 is 11.1 Å². The number of rotatable bonds is 9. The topological polar surface area (TPSA) is 93.8 Å². The maximum Gasteiger partial charge on any atom is 0.243 e. The lowest BCUT2D eigenvalue weighted by atomic mass is 10.2. The number of ether oxygens (including phenoxy) is 2. The summed E-state index contributed by atoms with van der Waals surface area (Å²) in [6, 6.07) is 0. The Labute approximate surface area is 102 Å². The van der Waals surface area contributed by atoms with Gasteiger partial charge in [-0.1, -0.05) is 0 Å². The molecule has 102 valence electrons. The number of nitrogens with one attached hydrogen (secondary N) is 1. The van der Waals surface area contributed by atoms with Crippen molar-refractivity contribution in [3.63, 3.8) is 0 Å². The summed E-state index contributed by atoms with van der Waals surface area (Å²) in [7, 11) is 0. The van der Waals surface area contributed by atoms with Gasteiger partial charge in [-0.25, -0.2) is 0 Å². The van der Waals surface area contributed by atoms with Crippen LogP contribution in [0.2, 0.25) is 0 Å². The molecule has 0 radical (unpaired) electrons. The second kappa shape index (κ2) is 8.41. The molecule has 0 aromatic carbocycles. The Hall–Kier alpha value is -0.690. The SMILES string of the molecule is CC(C)(C)OCC(O)CNCCOCC(N)=O. The lowest BCUT2D eigenvalue weighted by molar-refractivity contribution is -0.122. The Bertz CT molecular complexity index is 216. The molecule has 4 N–H and O–H groups in total. The van der Waals surface area contributed by atoms with Gasteiger partial charge in [0.15, 0.2) is 0 Å². The quantitative estimate of drug-likeness (QED) is 0.467. The van der Waals surface area contributed by atoms with Crippen molar-refractivity contribution in [2.75, 3.05) is 32.9 Å². The van der Waals surface area contributed by atoms with E-state index in [1.165, 1.54) is 0 Å². The molecule has 6 nitrogen and oxygen atoms in total. The summed E-state index contributed by atoms with van der Waals surface area (Å²) in [5.74, 6) is -0.483. The molecule has 0 aromatic rings. The minimum Gasteiger partial charge on any atom is -0.389 e. The van der Waals surface area contributed by atoms with Crippen LogP contribution >= 0.6 is 0 Å². The maximum absolute atomic E-state index is 10.3. The van der Waals surface area contributed by atoms with Crippen LogP contribution in [0.5, 0.6) is 0 Å². The molecule has 0 fully saturated rings. The van der Waals surface area contributed by atoms with E-state index < -0.39 is 12.0 Å². The van der Waals surface area contributed by atoms with Gasteiger partial charge in [0.05, 0.1) is 24.9 Å². The van der Waals surface area contributed by atoms with Crippen LogP contribution in [0.4, 0.5) is 0 Å². The standard InChI is InChI=1S/C11H24N2O4/c1-11(2,3)17-7-9(14)6-13-4-5-16-8-10(12)15/h9,13-14H,4-8H2,1-3H3,(H2,12,15). The predicted molar refractivity (Wildman–Crippen MR) is 64.6 cm³/mol. The molecule has 0 aliphatic rings. The van der Waals surface area contributed by atoms with Gasteiger partial charge in [0.2, 0.25) is 5.91 Å². The first-order valence-electron chi connectivity index (χ1n) is 5.70. The van der Waals surface area contributed by atoms with E-state index in [1.54, 1.807) is 0 Å². The van der Waals surface area contributed by atoms with Crippen molar-refractivity contribution in [1.29, 1.82) is 0 Å². The van der Waals surface area contributed by atoms with Crippen molar-refractivity contribution >= 4 is 5.91 Å². The first kappa shape index (κ1) is 16.3. The summed E-state index contributed by atoms with van der Waals surface area (Å²) in [6.45, 7) is 7.39. The highest BCUT2D eigenvalue weighted by atomic mass is 16.5. The third kappa shape index (κ3) is 13.2. The Morgan fingerprint density at radius 1 is 1.47 bits per heavy atom. The number of nitrogens with two attached hydrogens (primary N) is 1. The highest BCUT2D eigenvalue weighted by Gasteiger charge is 2.13. The summed E-state index contributed by atoms with van der Waals surface area (Å²) in [4.78, 5) is 10.3. The largest absolute Gasteiger partial charge is 0.389 e. The zero-order valence-corrected chi connectivity index (χ0v) is 10.9. The molecule has 0 aromatic heterocycles. The number of carbonyl (C=O) groups excluding carboxylic acids is 1. The van der Waals surface area contributed by atoms with E-state index in [9.17, 15) is 9.90 Å². The van der Waals surface area contributed by atoms with Gasteiger partial charge in [-0.15, -0.1) is 0 Å². The molecule has 0 rings (SSSR count). The van der Waals surface area contributed by atoms with Gasteiger partial charge in [-0.3, -0.25) is 4.79 Å². The highest BCUT2D eigenvalue weighted by Crippen LogP contribution is 2.06. The Balaban J connectivity index is 3.33. The van der Waals surface area contributed by atoms with Gasteiger partial charge >= 0.3 is 0 Å². The summed E-state index contributed by atoms with van der Waals surface area (Å²) in [5.41, 5.74) is 4.65. The summed E-state index contributed by atoms with van der Waals surface area (Å²) >= 11 is 0. The Morgan fingerprint density at radius 3 is 2.65 bits per heavy atom. The van der Waals surface area contributed by atoms with Crippen LogP contribution in [0.15, 0.2) is 0 Å². The van der Waals surface area contributed by atoms with Crippen LogP contribution in [-0.4, -0.2) is 55.6 Å². The van der Waals surface area contributed by atoms with E-state index in [1.807, 2.05) is 20.8 Å². The molecule has 0 aliphatic heterocycles. The first-order valence-corrected chi connectivity index (χ1v) is 5.70. The fourth-order valence-electron chi connectivity index (χ4n) is 0.991. The number of amides is 1. The zero-order chi connectivity index (χ0) is 13.3. The van der Waals surface area contributed by atoms with E-state index >= 15 is 0 Å². The van der Waals surface area contributed by atoms with E-state index in [0.717, 1.165) is 0 Å². The fourth-order valence-corrected chi connectivity index (χ4v) is 0.991. The molecule has 0 saturated carbocycles. The Kier molecular flexibility index (Phi) is 8.07. The molecular formula is C11H24N2O4. The highest BCUT2D eigenvalue weighted by molar-refractivity contribution is 5.74. The molecule has 0 spiro atoms. The van der Waals surface area contributed by atoms with Crippen molar-refractivity contribution in [2.45, 2.75) is 32.5 Å². The molecule has 0 saturated heterocycles. The van der Waals surface area contributed by atoms with Crippen molar-refractivity contribution < 1.29 is 19.4 Å². The Morgan fingerprint density at radius 2 is 2.12 bits per heavy atom. The van der Waals surface area contributed by atoms with E-state index in [2.05, 4.69) is 5.32 Å². The molecular weight excluding hydrogens is 224 g/mol. The molecule has 6 heteroatoms. The molecule has 0 aliphatic carbocycles. The fraction of sp³-hybridized carbons (Fsp3) is 0.909. The van der Waals surface area contributed by atoms with Crippen molar-refractivity contribution in [1.82, 2.24) is 5.32 Å². The molecule has 1 amide bonds. The van der Waals surface area contributed by atoms with Crippen LogP contribution in [0.1, 0.15) is 20.8 Å². The second-order valence-corrected chi connectivity index (χ2v) is 4.80. The lowest BCUT2D eigenvalue weighted by Gasteiger charge is -2.22. The van der Waals surface area contributed by atoms with E-state index in [0.29, 0.717) is 26.3 Å². The average molecular weight is 248 g/mol. The third-order valence-electron chi connectivity index (χ3n) is 1.76. The van der Waals surface area contributed by atoms with E-state index in [-0.39, 0.29) is 12.2 Å². The van der Waals surface area contributed by atoms with Crippen molar-refractivity contribution in [2.24, 2.45) is 5.73 Å². The minimum absolute atomic E-state index is 0.0721. The smallest absolute Gasteiger partial charge is 0.243 e. The van der Waals surface area contributed by atoms with Crippen LogP contribution in [0.25, 0.3) is 0 Å². The van der Waals surface area contributed by atoms with Gasteiger partial charge in [0.25, 0.3) is 0 Å². The lowest BCUT2D eigenvalue weighted by Crippen LogP contribution is -2.35. The van der Waals surface area contributed by atoms with Gasteiger partial charge in [0, 0.05) is 13.1 Å². The molecule has 0 heterocycles. The van der Waals surface area contributed by atoms with Gasteiger partial charge in [-0.2, -0.15) is 0 Å². The van der Waals surface area contributed by atoms with Gasteiger partial charge in [0.1, 0.15) is 6.61 Å². The zero-order valence-electron chi connectivity index (χ0n) is 10.9. The third-order valence-corrected chi connectivity index (χ3v) is 1.76. The van der Waals surface area contributed by atoms with Crippen molar-refractivity contribution in [3.8, 4) is 0 Å². The van der Waals surface area contributed by atoms with Crippen LogP contribution in [0.3, 0.4) is 0 Å². The predicted octanol–water partition coefficient (Wildman–Crippen LogP) is -0.746. The van der Waals surface area contributed by atoms with E-state index in [4.69, 9.17) is 15.2 Å². The maximum atomic E-state index is 10.3. The summed E-state index contributed by atoms with van der Waals surface area (Å²) < 4.78 is 10.4. The minimum atomic E-state index is -0.551. The first-order chi connectivity index (χ1) is 7.81. The normalized spacial score (nSPS) is 13.6. The number of carbonyl (C=O) groups is 1. The van der Waals surface area contributed by atoms with Gasteiger partial charge in [-0.05, 0) is 20.8 Å². The average Bonchev–Trinajstić information content (AvgIpc) is 2.19.